The number of rotatable bonds is 4. The Morgan fingerprint density at radius 2 is 2.00 bits per heavy atom. The lowest BCUT2D eigenvalue weighted by molar-refractivity contribution is 0.192. The molecule has 0 aliphatic heterocycles. The van der Waals surface area contributed by atoms with Crippen LogP contribution < -0.4 is 5.32 Å². The molecule has 0 saturated carbocycles. The van der Waals surface area contributed by atoms with E-state index in [0.29, 0.717) is 22.7 Å². The van der Waals surface area contributed by atoms with Gasteiger partial charge in [0.1, 0.15) is 0 Å². The van der Waals surface area contributed by atoms with Crippen LogP contribution in [0.15, 0.2) is 48.5 Å². The highest BCUT2D eigenvalue weighted by Gasteiger charge is 2.10. The molecule has 0 saturated heterocycles. The predicted octanol–water partition coefficient (Wildman–Crippen LogP) is 3.36. The summed E-state index contributed by atoms with van der Waals surface area (Å²) in [4.78, 5) is 0. The van der Waals surface area contributed by atoms with Crippen molar-refractivity contribution in [1.82, 2.24) is 0 Å². The molecule has 0 aliphatic rings. The Kier molecular flexibility index (Phi) is 4.40. The average molecular weight is 273 g/mol. The summed E-state index contributed by atoms with van der Waals surface area (Å²) in [6, 6.07) is 16.4. The van der Waals surface area contributed by atoms with Crippen molar-refractivity contribution in [3.8, 4) is 6.07 Å². The molecule has 2 rings (SSSR count). The van der Waals surface area contributed by atoms with E-state index in [-0.39, 0.29) is 0 Å². The Labute approximate surface area is 117 Å². The minimum Gasteiger partial charge on any atom is -0.387 e. The number of nitriles is 1. The van der Waals surface area contributed by atoms with Gasteiger partial charge in [0.15, 0.2) is 0 Å². The summed E-state index contributed by atoms with van der Waals surface area (Å²) in [6.45, 7) is 0.332. The topological polar surface area (TPSA) is 56.0 Å². The molecule has 1 unspecified atom stereocenters. The first kappa shape index (κ1) is 13.4. The van der Waals surface area contributed by atoms with Crippen LogP contribution >= 0.6 is 11.6 Å². The van der Waals surface area contributed by atoms with Crippen molar-refractivity contribution in [3.63, 3.8) is 0 Å². The first-order valence-electron chi connectivity index (χ1n) is 5.87. The van der Waals surface area contributed by atoms with E-state index in [1.165, 1.54) is 0 Å². The molecule has 0 fully saturated rings. The second-order valence-corrected chi connectivity index (χ2v) is 4.52. The van der Waals surface area contributed by atoms with Gasteiger partial charge in [0.25, 0.3) is 0 Å². The molecule has 0 aromatic heterocycles. The summed E-state index contributed by atoms with van der Waals surface area (Å²) >= 11 is 6.02. The van der Waals surface area contributed by atoms with Gasteiger partial charge in [-0.2, -0.15) is 5.26 Å². The Morgan fingerprint density at radius 1 is 1.21 bits per heavy atom. The molecule has 2 N–H and O–H groups in total. The number of hydrogen-bond acceptors (Lipinski definition) is 3. The van der Waals surface area contributed by atoms with Gasteiger partial charge in [-0.25, -0.2) is 0 Å². The number of halogens is 1. The molecular weight excluding hydrogens is 260 g/mol. The van der Waals surface area contributed by atoms with Crippen molar-refractivity contribution in [1.29, 1.82) is 5.26 Å². The molecular formula is C15H13ClN2O. The lowest BCUT2D eigenvalue weighted by Gasteiger charge is -2.14. The molecule has 2 aromatic rings. The van der Waals surface area contributed by atoms with Crippen LogP contribution in [0.1, 0.15) is 17.2 Å². The molecule has 96 valence electrons. The van der Waals surface area contributed by atoms with Crippen molar-refractivity contribution in [2.75, 3.05) is 11.9 Å². The summed E-state index contributed by atoms with van der Waals surface area (Å²) < 4.78 is 0. The van der Waals surface area contributed by atoms with Crippen molar-refractivity contribution in [2.24, 2.45) is 0 Å². The fraction of sp³-hybridized carbons (Fsp3) is 0.133. The van der Waals surface area contributed by atoms with Gasteiger partial charge < -0.3 is 10.4 Å². The van der Waals surface area contributed by atoms with E-state index in [1.807, 2.05) is 18.2 Å². The third-order valence-corrected chi connectivity index (χ3v) is 3.10. The maximum absolute atomic E-state index is 10.1. The molecule has 0 radical (unpaired) electrons. The summed E-state index contributed by atoms with van der Waals surface area (Å²) in [5.74, 6) is 0. The second-order valence-electron chi connectivity index (χ2n) is 4.11. The summed E-state index contributed by atoms with van der Waals surface area (Å²) in [5, 5.41) is 22.5. The first-order chi connectivity index (χ1) is 9.20. The van der Waals surface area contributed by atoms with Gasteiger partial charge in [0, 0.05) is 22.8 Å². The molecule has 3 nitrogen and oxygen atoms in total. The van der Waals surface area contributed by atoms with E-state index in [0.717, 1.165) is 5.69 Å². The van der Waals surface area contributed by atoms with Gasteiger partial charge in [-0.3, -0.25) is 0 Å². The van der Waals surface area contributed by atoms with Crippen molar-refractivity contribution in [2.45, 2.75) is 6.10 Å². The third-order valence-electron chi connectivity index (χ3n) is 2.76. The molecule has 0 bridgehead atoms. The molecule has 0 amide bonds. The van der Waals surface area contributed by atoms with Gasteiger partial charge in [-0.1, -0.05) is 35.9 Å². The monoisotopic (exact) mass is 272 g/mol. The number of nitrogens with zero attached hydrogens (tertiary/aromatic N) is 1. The van der Waals surface area contributed by atoms with E-state index in [9.17, 15) is 5.11 Å². The number of benzene rings is 2. The quantitative estimate of drug-likeness (QED) is 0.897. The molecule has 1 atom stereocenters. The zero-order chi connectivity index (χ0) is 13.7. The number of aliphatic hydroxyl groups is 1. The highest BCUT2D eigenvalue weighted by atomic mass is 35.5. The van der Waals surface area contributed by atoms with Crippen molar-refractivity contribution >= 4 is 17.3 Å². The van der Waals surface area contributed by atoms with Gasteiger partial charge >= 0.3 is 0 Å². The van der Waals surface area contributed by atoms with Crippen molar-refractivity contribution in [3.05, 3.63) is 64.7 Å². The minimum absolute atomic E-state index is 0.332. The molecule has 0 heterocycles. The van der Waals surface area contributed by atoms with Crippen LogP contribution in [0.4, 0.5) is 5.69 Å². The van der Waals surface area contributed by atoms with Gasteiger partial charge in [0.05, 0.1) is 17.7 Å². The van der Waals surface area contributed by atoms with Crippen LogP contribution in [0.3, 0.4) is 0 Å². The number of aliphatic hydroxyl groups excluding tert-OH is 1. The smallest absolute Gasteiger partial charge is 0.0992 e. The van der Waals surface area contributed by atoms with E-state index in [2.05, 4.69) is 11.4 Å². The van der Waals surface area contributed by atoms with Gasteiger partial charge in [0.2, 0.25) is 0 Å². The first-order valence-corrected chi connectivity index (χ1v) is 6.25. The summed E-state index contributed by atoms with van der Waals surface area (Å²) in [6.07, 6.45) is -0.695. The van der Waals surface area contributed by atoms with E-state index >= 15 is 0 Å². The van der Waals surface area contributed by atoms with Gasteiger partial charge in [-0.05, 0) is 24.3 Å². The van der Waals surface area contributed by atoms with Crippen LogP contribution in [-0.4, -0.2) is 11.7 Å². The van der Waals surface area contributed by atoms with E-state index < -0.39 is 6.10 Å². The van der Waals surface area contributed by atoms with Gasteiger partial charge in [-0.15, -0.1) is 0 Å². The Morgan fingerprint density at radius 3 is 2.74 bits per heavy atom. The molecule has 2 aromatic carbocycles. The molecule has 19 heavy (non-hydrogen) atoms. The van der Waals surface area contributed by atoms with Crippen LogP contribution in [0.2, 0.25) is 5.02 Å². The number of anilines is 1. The zero-order valence-electron chi connectivity index (χ0n) is 10.2. The Balaban J connectivity index is 2.03. The standard InChI is InChI=1S/C15H13ClN2O/c16-14-7-2-1-6-13(14)15(19)10-18-12-5-3-4-11(8-12)9-17/h1-8,15,18-19H,10H2. The van der Waals surface area contributed by atoms with E-state index in [1.54, 1.807) is 30.3 Å². The Bertz CT molecular complexity index is 607. The zero-order valence-corrected chi connectivity index (χ0v) is 10.9. The van der Waals surface area contributed by atoms with Crippen LogP contribution in [0, 0.1) is 11.3 Å². The second kappa shape index (κ2) is 6.24. The average Bonchev–Trinajstić information content (AvgIpc) is 2.45. The Hall–Kier alpha value is -2.02. The largest absolute Gasteiger partial charge is 0.387 e. The summed E-state index contributed by atoms with van der Waals surface area (Å²) in [7, 11) is 0. The molecule has 0 spiro atoms. The fourth-order valence-corrected chi connectivity index (χ4v) is 2.03. The maximum atomic E-state index is 10.1. The van der Waals surface area contributed by atoms with Crippen LogP contribution in [0.25, 0.3) is 0 Å². The lowest BCUT2D eigenvalue weighted by atomic mass is 10.1. The lowest BCUT2D eigenvalue weighted by Crippen LogP contribution is -2.12. The minimum atomic E-state index is -0.695. The fourth-order valence-electron chi connectivity index (χ4n) is 1.77. The predicted molar refractivity (Wildman–Crippen MR) is 76.1 cm³/mol. The van der Waals surface area contributed by atoms with E-state index in [4.69, 9.17) is 16.9 Å². The summed E-state index contributed by atoms with van der Waals surface area (Å²) in [5.41, 5.74) is 2.07. The third kappa shape index (κ3) is 3.47. The maximum Gasteiger partial charge on any atom is 0.0992 e. The molecule has 0 aliphatic carbocycles. The molecule has 4 heteroatoms. The highest BCUT2D eigenvalue weighted by molar-refractivity contribution is 6.31. The highest BCUT2D eigenvalue weighted by Crippen LogP contribution is 2.23. The van der Waals surface area contributed by atoms with Crippen LogP contribution in [-0.2, 0) is 0 Å². The number of hydrogen-bond donors (Lipinski definition) is 2. The normalized spacial score (nSPS) is 11.6. The van der Waals surface area contributed by atoms with Crippen molar-refractivity contribution < 1.29 is 5.11 Å². The van der Waals surface area contributed by atoms with Crippen LogP contribution in [0.5, 0.6) is 0 Å². The SMILES string of the molecule is N#Cc1cccc(NCC(O)c2ccccc2Cl)c1. The number of nitrogens with one attached hydrogen (secondary N) is 1.